The van der Waals surface area contributed by atoms with E-state index in [0.717, 1.165) is 6.42 Å². The minimum Gasteiger partial charge on any atom is -0.482 e. The second kappa shape index (κ2) is 6.69. The quantitative estimate of drug-likeness (QED) is 0.899. The maximum atomic E-state index is 12.2. The highest BCUT2D eigenvalue weighted by Crippen LogP contribution is 2.28. The first-order chi connectivity index (χ1) is 9.94. The lowest BCUT2D eigenvalue weighted by molar-refractivity contribution is -0.153. The summed E-state index contributed by atoms with van der Waals surface area (Å²) in [6.07, 6.45) is -2.60. The highest BCUT2D eigenvalue weighted by molar-refractivity contribution is 5.76. The van der Waals surface area contributed by atoms with Gasteiger partial charge in [0.25, 0.3) is 0 Å². The van der Waals surface area contributed by atoms with Crippen molar-refractivity contribution in [3.05, 3.63) is 24.3 Å². The third-order valence-electron chi connectivity index (χ3n) is 3.17. The van der Waals surface area contributed by atoms with Crippen LogP contribution >= 0.6 is 0 Å². The van der Waals surface area contributed by atoms with Crippen LogP contribution in [-0.4, -0.2) is 31.3 Å². The summed E-state index contributed by atoms with van der Waals surface area (Å²) in [5.41, 5.74) is 0.515. The summed E-state index contributed by atoms with van der Waals surface area (Å²) in [6.45, 7) is -0.765. The molecule has 1 saturated heterocycles. The van der Waals surface area contributed by atoms with Crippen LogP contribution in [0.4, 0.5) is 18.9 Å². The zero-order chi connectivity index (χ0) is 15.3. The van der Waals surface area contributed by atoms with E-state index in [4.69, 9.17) is 4.74 Å². The number of rotatable bonds is 4. The maximum Gasteiger partial charge on any atom is 0.422 e. The smallest absolute Gasteiger partial charge is 0.422 e. The molecule has 0 spiro atoms. The molecular formula is C14H17F3N2O2. The summed E-state index contributed by atoms with van der Waals surface area (Å²) in [7, 11) is 0. The van der Waals surface area contributed by atoms with E-state index in [1.165, 1.54) is 6.07 Å². The highest BCUT2D eigenvalue weighted by Gasteiger charge is 2.29. The van der Waals surface area contributed by atoms with Crippen molar-refractivity contribution in [2.24, 2.45) is 0 Å². The van der Waals surface area contributed by atoms with E-state index in [9.17, 15) is 18.0 Å². The first-order valence-electron chi connectivity index (χ1n) is 6.76. The lowest BCUT2D eigenvalue weighted by Crippen LogP contribution is -2.24. The Morgan fingerprint density at radius 1 is 1.29 bits per heavy atom. The fraction of sp³-hybridized carbons (Fsp3) is 0.500. The van der Waals surface area contributed by atoms with Gasteiger partial charge in [0.2, 0.25) is 5.91 Å². The molecule has 0 saturated carbocycles. The number of carbonyl (C=O) groups is 1. The van der Waals surface area contributed by atoms with Crippen molar-refractivity contribution in [3.63, 3.8) is 0 Å². The Labute approximate surface area is 120 Å². The number of anilines is 1. The molecule has 1 aliphatic heterocycles. The molecule has 116 valence electrons. The van der Waals surface area contributed by atoms with Crippen LogP contribution in [0.25, 0.3) is 0 Å². The number of ether oxygens (including phenoxy) is 1. The van der Waals surface area contributed by atoms with Crippen molar-refractivity contribution in [1.29, 1.82) is 0 Å². The van der Waals surface area contributed by atoms with Crippen molar-refractivity contribution in [3.8, 4) is 5.75 Å². The first-order valence-corrected chi connectivity index (χ1v) is 6.76. The molecule has 1 amide bonds. The molecule has 1 heterocycles. The highest BCUT2D eigenvalue weighted by atomic mass is 19.4. The lowest BCUT2D eigenvalue weighted by Gasteiger charge is -2.20. The Morgan fingerprint density at radius 3 is 2.81 bits per heavy atom. The van der Waals surface area contributed by atoms with E-state index in [1.54, 1.807) is 18.2 Å². The SMILES string of the molecule is O=C1CCC(Nc2ccccc2OCC(F)(F)F)CCN1. The minimum absolute atomic E-state index is 0.000839. The lowest BCUT2D eigenvalue weighted by atomic mass is 10.1. The van der Waals surface area contributed by atoms with Gasteiger partial charge in [-0.1, -0.05) is 12.1 Å². The van der Waals surface area contributed by atoms with Crippen molar-refractivity contribution >= 4 is 11.6 Å². The van der Waals surface area contributed by atoms with Crippen molar-refractivity contribution in [2.45, 2.75) is 31.5 Å². The topological polar surface area (TPSA) is 50.4 Å². The zero-order valence-electron chi connectivity index (χ0n) is 11.4. The van der Waals surface area contributed by atoms with Gasteiger partial charge in [-0.25, -0.2) is 0 Å². The Bertz CT molecular complexity index is 491. The van der Waals surface area contributed by atoms with E-state index in [-0.39, 0.29) is 17.7 Å². The summed E-state index contributed by atoms with van der Waals surface area (Å²) in [4.78, 5) is 11.3. The number of hydrogen-bond donors (Lipinski definition) is 2. The van der Waals surface area contributed by atoms with Gasteiger partial charge < -0.3 is 15.4 Å². The van der Waals surface area contributed by atoms with Crippen LogP contribution in [0.15, 0.2) is 24.3 Å². The predicted molar refractivity (Wildman–Crippen MR) is 72.3 cm³/mol. The van der Waals surface area contributed by atoms with E-state index in [0.29, 0.717) is 25.1 Å². The van der Waals surface area contributed by atoms with Crippen LogP contribution in [0.5, 0.6) is 5.75 Å². The standard InChI is InChI=1S/C14H17F3N2O2/c15-14(16,17)9-21-12-4-2-1-3-11(12)19-10-5-6-13(20)18-8-7-10/h1-4,10,19H,5-9H2,(H,18,20). The summed E-state index contributed by atoms with van der Waals surface area (Å²) in [5, 5.41) is 5.92. The van der Waals surface area contributed by atoms with Crippen LogP contribution in [0, 0.1) is 0 Å². The third-order valence-corrected chi connectivity index (χ3v) is 3.17. The van der Waals surface area contributed by atoms with Crippen LogP contribution in [0.1, 0.15) is 19.3 Å². The Kier molecular flexibility index (Phi) is 4.93. The van der Waals surface area contributed by atoms with E-state index in [1.807, 2.05) is 0 Å². The van der Waals surface area contributed by atoms with Crippen LogP contribution < -0.4 is 15.4 Å². The molecule has 2 rings (SSSR count). The average molecular weight is 302 g/mol. The van der Waals surface area contributed by atoms with Gasteiger partial charge in [-0.2, -0.15) is 13.2 Å². The first kappa shape index (κ1) is 15.5. The number of nitrogens with one attached hydrogen (secondary N) is 2. The number of carbonyl (C=O) groups excluding carboxylic acids is 1. The molecule has 0 aromatic heterocycles. The van der Waals surface area contributed by atoms with Gasteiger partial charge in [0.15, 0.2) is 6.61 Å². The molecule has 4 nitrogen and oxygen atoms in total. The molecule has 1 aromatic rings. The largest absolute Gasteiger partial charge is 0.482 e. The second-order valence-electron chi connectivity index (χ2n) is 4.92. The van der Waals surface area contributed by atoms with Crippen molar-refractivity contribution < 1.29 is 22.7 Å². The van der Waals surface area contributed by atoms with Gasteiger partial charge in [-0.15, -0.1) is 0 Å². The van der Waals surface area contributed by atoms with E-state index >= 15 is 0 Å². The second-order valence-corrected chi connectivity index (χ2v) is 4.92. The zero-order valence-corrected chi connectivity index (χ0v) is 11.4. The fourth-order valence-corrected chi connectivity index (χ4v) is 2.16. The van der Waals surface area contributed by atoms with Crippen LogP contribution in [0.3, 0.4) is 0 Å². The summed E-state index contributed by atoms with van der Waals surface area (Å²) >= 11 is 0. The molecule has 1 fully saturated rings. The number of hydrogen-bond acceptors (Lipinski definition) is 3. The molecule has 2 N–H and O–H groups in total. The molecular weight excluding hydrogens is 285 g/mol. The Balaban J connectivity index is 2.00. The van der Waals surface area contributed by atoms with Gasteiger partial charge in [0.1, 0.15) is 5.75 Å². The van der Waals surface area contributed by atoms with Crippen LogP contribution in [-0.2, 0) is 4.79 Å². The predicted octanol–water partition coefficient (Wildman–Crippen LogP) is 2.71. The maximum absolute atomic E-state index is 12.2. The van der Waals surface area contributed by atoms with Gasteiger partial charge in [0, 0.05) is 19.0 Å². The van der Waals surface area contributed by atoms with Crippen molar-refractivity contribution in [2.75, 3.05) is 18.5 Å². The van der Waals surface area contributed by atoms with Gasteiger partial charge in [0.05, 0.1) is 5.69 Å². The van der Waals surface area contributed by atoms with E-state index < -0.39 is 12.8 Å². The fourth-order valence-electron chi connectivity index (χ4n) is 2.16. The number of benzene rings is 1. The normalized spacial score (nSPS) is 19.6. The molecule has 0 aliphatic carbocycles. The van der Waals surface area contributed by atoms with Crippen LogP contribution in [0.2, 0.25) is 0 Å². The molecule has 7 heteroatoms. The molecule has 0 radical (unpaired) electrons. The molecule has 0 bridgehead atoms. The molecule has 1 aliphatic rings. The average Bonchev–Trinajstić information content (AvgIpc) is 2.62. The Morgan fingerprint density at radius 2 is 2.05 bits per heavy atom. The monoisotopic (exact) mass is 302 g/mol. The third kappa shape index (κ3) is 5.17. The molecule has 1 atom stereocenters. The molecule has 1 aromatic carbocycles. The molecule has 21 heavy (non-hydrogen) atoms. The van der Waals surface area contributed by atoms with E-state index in [2.05, 4.69) is 10.6 Å². The number of halogens is 3. The minimum atomic E-state index is -4.37. The summed E-state index contributed by atoms with van der Waals surface area (Å²) in [5.74, 6) is 0.166. The van der Waals surface area contributed by atoms with Gasteiger partial charge in [-0.3, -0.25) is 4.79 Å². The van der Waals surface area contributed by atoms with Gasteiger partial charge in [-0.05, 0) is 25.0 Å². The summed E-state index contributed by atoms with van der Waals surface area (Å²) in [6, 6.07) is 6.54. The molecule has 1 unspecified atom stereocenters. The number of alkyl halides is 3. The Hall–Kier alpha value is -1.92. The number of para-hydroxylation sites is 2. The van der Waals surface area contributed by atoms with Gasteiger partial charge >= 0.3 is 6.18 Å². The summed E-state index contributed by atoms with van der Waals surface area (Å²) < 4.78 is 41.5. The van der Waals surface area contributed by atoms with Crippen molar-refractivity contribution in [1.82, 2.24) is 5.32 Å². The number of amides is 1.